The molecule has 0 spiro atoms. The molecule has 0 atom stereocenters. The summed E-state index contributed by atoms with van der Waals surface area (Å²) in [6.07, 6.45) is 0. The maximum atomic E-state index is 12.4. The first-order valence-corrected chi connectivity index (χ1v) is 8.51. The van der Waals surface area contributed by atoms with Crippen LogP contribution in [-0.2, 0) is 14.6 Å². The van der Waals surface area contributed by atoms with Gasteiger partial charge < -0.3 is 9.72 Å². The highest BCUT2D eigenvalue weighted by Crippen LogP contribution is 2.21. The number of hydrogen-bond acceptors (Lipinski definition) is 5. The fourth-order valence-corrected chi connectivity index (χ4v) is 3.62. The largest absolute Gasteiger partial charge is 0.465 e. The summed E-state index contributed by atoms with van der Waals surface area (Å²) in [5, 5.41) is 0. The molecule has 7 heteroatoms. The number of esters is 1. The summed E-state index contributed by atoms with van der Waals surface area (Å²) >= 11 is 0. The number of carbonyl (C=O) groups excluding carboxylic acids is 2. The molecule has 0 amide bonds. The van der Waals surface area contributed by atoms with Crippen molar-refractivity contribution in [1.29, 1.82) is 0 Å². The van der Waals surface area contributed by atoms with E-state index < -0.39 is 27.3 Å². The minimum absolute atomic E-state index is 0.0856. The van der Waals surface area contributed by atoms with Crippen LogP contribution in [-0.4, -0.2) is 38.0 Å². The third kappa shape index (κ3) is 3.34. The van der Waals surface area contributed by atoms with Crippen molar-refractivity contribution in [3.05, 3.63) is 52.8 Å². The number of ether oxygens (including phenoxy) is 1. The van der Waals surface area contributed by atoms with Gasteiger partial charge in [0, 0.05) is 5.69 Å². The predicted molar refractivity (Wildman–Crippen MR) is 84.4 cm³/mol. The lowest BCUT2D eigenvalue weighted by molar-refractivity contribution is 0.0599. The molecule has 122 valence electrons. The van der Waals surface area contributed by atoms with Crippen molar-refractivity contribution in [3.63, 3.8) is 0 Å². The van der Waals surface area contributed by atoms with Crippen LogP contribution in [0.2, 0.25) is 0 Å². The van der Waals surface area contributed by atoms with E-state index in [1.165, 1.54) is 19.2 Å². The Morgan fingerprint density at radius 2 is 1.74 bits per heavy atom. The zero-order chi connectivity index (χ0) is 17.2. The molecule has 0 radical (unpaired) electrons. The Morgan fingerprint density at radius 1 is 1.13 bits per heavy atom. The zero-order valence-electron chi connectivity index (χ0n) is 13.0. The van der Waals surface area contributed by atoms with Crippen molar-refractivity contribution in [2.75, 3.05) is 12.9 Å². The average molecular weight is 335 g/mol. The van der Waals surface area contributed by atoms with Crippen LogP contribution < -0.4 is 0 Å². The molecular weight excluding hydrogens is 318 g/mol. The number of carbonyl (C=O) groups is 2. The molecule has 0 aliphatic rings. The predicted octanol–water partition coefficient (Wildman–Crippen LogP) is 2.07. The molecule has 23 heavy (non-hydrogen) atoms. The highest BCUT2D eigenvalue weighted by atomic mass is 32.2. The number of rotatable bonds is 5. The minimum Gasteiger partial charge on any atom is -0.465 e. The van der Waals surface area contributed by atoms with E-state index in [0.29, 0.717) is 11.3 Å². The molecule has 0 bridgehead atoms. The van der Waals surface area contributed by atoms with Crippen molar-refractivity contribution < 1.29 is 22.7 Å². The number of aromatic nitrogens is 1. The third-order valence-electron chi connectivity index (χ3n) is 3.53. The van der Waals surface area contributed by atoms with Crippen LogP contribution in [0.25, 0.3) is 0 Å². The fraction of sp³-hybridized carbons (Fsp3) is 0.250. The van der Waals surface area contributed by atoms with Crippen LogP contribution in [0.1, 0.15) is 32.1 Å². The Labute approximate surface area is 134 Å². The normalized spacial score (nSPS) is 11.3. The molecule has 1 heterocycles. The van der Waals surface area contributed by atoms with Gasteiger partial charge in [0.1, 0.15) is 5.75 Å². The van der Waals surface area contributed by atoms with Crippen LogP contribution in [0.15, 0.2) is 35.2 Å². The van der Waals surface area contributed by atoms with Gasteiger partial charge in [0.05, 0.1) is 23.3 Å². The van der Waals surface area contributed by atoms with Gasteiger partial charge in [0.15, 0.2) is 15.6 Å². The number of aryl methyl sites for hydroxylation is 1. The summed E-state index contributed by atoms with van der Waals surface area (Å²) in [6.45, 7) is 3.21. The zero-order valence-corrected chi connectivity index (χ0v) is 13.9. The van der Waals surface area contributed by atoms with E-state index in [-0.39, 0.29) is 16.2 Å². The highest BCUT2D eigenvalue weighted by Gasteiger charge is 2.26. The number of nitrogens with one attached hydrogen (secondary N) is 1. The standard InChI is InChI=1S/C16H17NO5S/c1-10-14(16(19)22-3)11(2)17-15(10)13(18)9-23(20,21)12-7-5-4-6-8-12/h4-8,17H,9H2,1-3H3. The summed E-state index contributed by atoms with van der Waals surface area (Å²) in [6, 6.07) is 7.76. The Bertz CT molecular complexity index is 850. The van der Waals surface area contributed by atoms with Gasteiger partial charge in [-0.15, -0.1) is 0 Å². The molecule has 6 nitrogen and oxygen atoms in total. The molecule has 1 aromatic heterocycles. The fourth-order valence-electron chi connectivity index (χ4n) is 2.39. The molecule has 2 aromatic rings. The van der Waals surface area contributed by atoms with Crippen LogP contribution in [0.4, 0.5) is 0 Å². The van der Waals surface area contributed by atoms with Crippen molar-refractivity contribution in [1.82, 2.24) is 4.98 Å². The van der Waals surface area contributed by atoms with Crippen molar-refractivity contribution in [2.45, 2.75) is 18.7 Å². The highest BCUT2D eigenvalue weighted by molar-refractivity contribution is 7.92. The van der Waals surface area contributed by atoms with E-state index in [4.69, 9.17) is 0 Å². The molecule has 0 aliphatic heterocycles. The molecule has 1 aromatic carbocycles. The summed E-state index contributed by atoms with van der Waals surface area (Å²) in [5.74, 6) is -1.83. The van der Waals surface area contributed by atoms with Gasteiger partial charge in [0.2, 0.25) is 0 Å². The van der Waals surface area contributed by atoms with Crippen LogP contribution >= 0.6 is 0 Å². The molecule has 0 aliphatic carbocycles. The molecule has 0 unspecified atom stereocenters. The van der Waals surface area contributed by atoms with Crippen molar-refractivity contribution in [2.24, 2.45) is 0 Å². The number of ketones is 1. The van der Waals surface area contributed by atoms with Crippen molar-refractivity contribution >= 4 is 21.6 Å². The minimum atomic E-state index is -3.74. The molecule has 0 saturated carbocycles. The van der Waals surface area contributed by atoms with E-state index in [2.05, 4.69) is 9.72 Å². The van der Waals surface area contributed by atoms with E-state index in [1.54, 1.807) is 32.0 Å². The number of aromatic amines is 1. The molecule has 0 fully saturated rings. The Balaban J connectivity index is 2.34. The van der Waals surface area contributed by atoms with Gasteiger partial charge in [-0.2, -0.15) is 0 Å². The lowest BCUT2D eigenvalue weighted by Gasteiger charge is -2.04. The van der Waals surface area contributed by atoms with E-state index in [0.717, 1.165) is 0 Å². The second-order valence-corrected chi connectivity index (χ2v) is 7.10. The van der Waals surface area contributed by atoms with Crippen LogP contribution in [0, 0.1) is 13.8 Å². The van der Waals surface area contributed by atoms with Gasteiger partial charge in [-0.25, -0.2) is 13.2 Å². The van der Waals surface area contributed by atoms with Gasteiger partial charge in [0.25, 0.3) is 0 Å². The first-order valence-electron chi connectivity index (χ1n) is 6.86. The first-order chi connectivity index (χ1) is 10.8. The number of sulfone groups is 1. The number of methoxy groups -OCH3 is 1. The number of benzene rings is 1. The Hall–Kier alpha value is -2.41. The number of Topliss-reactive ketones (excluding diaryl/α,β-unsaturated/α-hetero) is 1. The summed E-state index contributed by atoms with van der Waals surface area (Å²) < 4.78 is 29.2. The van der Waals surface area contributed by atoms with E-state index >= 15 is 0 Å². The van der Waals surface area contributed by atoms with E-state index in [9.17, 15) is 18.0 Å². The topological polar surface area (TPSA) is 93.3 Å². The molecular formula is C16H17NO5S. The van der Waals surface area contributed by atoms with Gasteiger partial charge in [-0.3, -0.25) is 4.79 Å². The van der Waals surface area contributed by atoms with Crippen LogP contribution in [0.5, 0.6) is 0 Å². The summed E-state index contributed by atoms with van der Waals surface area (Å²) in [7, 11) is -2.49. The SMILES string of the molecule is COC(=O)c1c(C)[nH]c(C(=O)CS(=O)(=O)c2ccccc2)c1C. The summed E-state index contributed by atoms with van der Waals surface area (Å²) in [5.41, 5.74) is 1.23. The summed E-state index contributed by atoms with van der Waals surface area (Å²) in [4.78, 5) is 27.0. The van der Waals surface area contributed by atoms with E-state index in [1.807, 2.05) is 0 Å². The Morgan fingerprint density at radius 3 is 2.30 bits per heavy atom. The first kappa shape index (κ1) is 17.0. The maximum Gasteiger partial charge on any atom is 0.339 e. The molecule has 0 saturated heterocycles. The molecule has 1 N–H and O–H groups in total. The van der Waals surface area contributed by atoms with Gasteiger partial charge >= 0.3 is 5.97 Å². The lowest BCUT2D eigenvalue weighted by Crippen LogP contribution is -2.17. The van der Waals surface area contributed by atoms with Gasteiger partial charge in [-0.1, -0.05) is 18.2 Å². The smallest absolute Gasteiger partial charge is 0.339 e. The second-order valence-electron chi connectivity index (χ2n) is 5.11. The quantitative estimate of drug-likeness (QED) is 0.667. The lowest BCUT2D eigenvalue weighted by atomic mass is 10.1. The van der Waals surface area contributed by atoms with Crippen molar-refractivity contribution in [3.8, 4) is 0 Å². The third-order valence-corrected chi connectivity index (χ3v) is 5.16. The number of H-pyrrole nitrogens is 1. The molecule has 2 rings (SSSR count). The van der Waals surface area contributed by atoms with Crippen LogP contribution in [0.3, 0.4) is 0 Å². The van der Waals surface area contributed by atoms with Gasteiger partial charge in [-0.05, 0) is 31.5 Å². The second kappa shape index (κ2) is 6.37. The monoisotopic (exact) mass is 335 g/mol. The number of hydrogen-bond donors (Lipinski definition) is 1. The average Bonchev–Trinajstić information content (AvgIpc) is 2.82. The Kier molecular flexibility index (Phi) is 4.70. The maximum absolute atomic E-state index is 12.4.